The molecule has 0 aliphatic carbocycles. The van der Waals surface area contributed by atoms with Crippen molar-refractivity contribution in [3.63, 3.8) is 0 Å². The first kappa shape index (κ1) is 13.9. The summed E-state index contributed by atoms with van der Waals surface area (Å²) in [6, 6.07) is 9.01. The Morgan fingerprint density at radius 2 is 2.16 bits per heavy atom. The van der Waals surface area contributed by atoms with Crippen LogP contribution in [0.4, 0.5) is 5.69 Å². The minimum absolute atomic E-state index is 0.0855. The fraction of sp³-hybridized carbons (Fsp3) is 0.562. The Bertz CT molecular complexity index is 499. The van der Waals surface area contributed by atoms with Crippen LogP contribution in [0.25, 0.3) is 0 Å². The van der Waals surface area contributed by atoms with Gasteiger partial charge in [-0.1, -0.05) is 12.1 Å². The van der Waals surface area contributed by atoms with E-state index in [-0.39, 0.29) is 11.6 Å². The second-order valence-corrected chi connectivity index (χ2v) is 6.13. The maximum Gasteiger partial charge on any atom is 0.0643 e. The van der Waals surface area contributed by atoms with Crippen LogP contribution in [-0.4, -0.2) is 24.7 Å². The zero-order chi connectivity index (χ0) is 14.0. The number of nitrogens with zero attached hydrogens (tertiary/aromatic N) is 2. The van der Waals surface area contributed by atoms with Crippen molar-refractivity contribution in [3.05, 3.63) is 29.3 Å². The average molecular weight is 257 g/mol. The number of hydrogen-bond donors (Lipinski definition) is 1. The van der Waals surface area contributed by atoms with E-state index in [1.54, 1.807) is 0 Å². The zero-order valence-corrected chi connectivity index (χ0v) is 12.3. The van der Waals surface area contributed by atoms with Gasteiger partial charge in [0.05, 0.1) is 18.5 Å². The van der Waals surface area contributed by atoms with Crippen molar-refractivity contribution in [2.75, 3.05) is 18.0 Å². The van der Waals surface area contributed by atoms with Crippen LogP contribution in [0.2, 0.25) is 0 Å². The van der Waals surface area contributed by atoms with Crippen LogP contribution >= 0.6 is 0 Å². The molecule has 1 aromatic carbocycles. The van der Waals surface area contributed by atoms with Gasteiger partial charge in [-0.05, 0) is 44.9 Å². The summed E-state index contributed by atoms with van der Waals surface area (Å²) in [4.78, 5) is 2.40. The van der Waals surface area contributed by atoms with E-state index < -0.39 is 0 Å². The highest BCUT2D eigenvalue weighted by molar-refractivity contribution is 5.57. The van der Waals surface area contributed by atoms with Crippen LogP contribution in [0.1, 0.15) is 31.4 Å². The highest BCUT2D eigenvalue weighted by Gasteiger charge is 2.33. The van der Waals surface area contributed by atoms with Gasteiger partial charge in [0.15, 0.2) is 0 Å². The molecule has 3 nitrogen and oxygen atoms in total. The number of rotatable bonds is 2. The molecular formula is C16H23N3. The van der Waals surface area contributed by atoms with Gasteiger partial charge in [-0.3, -0.25) is 0 Å². The molecule has 1 heterocycles. The lowest BCUT2D eigenvalue weighted by Gasteiger charge is -2.46. The lowest BCUT2D eigenvalue weighted by atomic mass is 9.95. The highest BCUT2D eigenvalue weighted by Crippen LogP contribution is 2.29. The van der Waals surface area contributed by atoms with E-state index in [1.807, 2.05) is 0 Å². The maximum absolute atomic E-state index is 9.03. The third-order valence-corrected chi connectivity index (χ3v) is 4.04. The van der Waals surface area contributed by atoms with E-state index >= 15 is 0 Å². The molecule has 3 heteroatoms. The van der Waals surface area contributed by atoms with E-state index in [0.29, 0.717) is 6.42 Å². The second-order valence-electron chi connectivity index (χ2n) is 6.13. The summed E-state index contributed by atoms with van der Waals surface area (Å²) in [7, 11) is 0. The Morgan fingerprint density at radius 3 is 2.84 bits per heavy atom. The highest BCUT2D eigenvalue weighted by atomic mass is 15.3. The number of nitriles is 1. The van der Waals surface area contributed by atoms with Gasteiger partial charge < -0.3 is 10.2 Å². The van der Waals surface area contributed by atoms with Crippen molar-refractivity contribution >= 4 is 5.69 Å². The Labute approximate surface area is 116 Å². The summed E-state index contributed by atoms with van der Waals surface area (Å²) in [6.45, 7) is 10.5. The third-order valence-electron chi connectivity index (χ3n) is 4.04. The Balaban J connectivity index is 2.37. The van der Waals surface area contributed by atoms with Gasteiger partial charge in [0.2, 0.25) is 0 Å². The molecule has 1 fully saturated rings. The lowest BCUT2D eigenvalue weighted by molar-refractivity contribution is 0.311. The standard InChI is InChI=1S/C16H23N3/c1-12-6-5-7-15(13(12)2)19-11-16(3,4)18-10-14(19)8-9-17/h5-7,14,18H,8,10-11H2,1-4H3. The Morgan fingerprint density at radius 1 is 1.42 bits per heavy atom. The summed E-state index contributed by atoms with van der Waals surface area (Å²) < 4.78 is 0. The molecule has 1 saturated heterocycles. The molecule has 0 bridgehead atoms. The molecule has 1 N–H and O–H groups in total. The van der Waals surface area contributed by atoms with Crippen LogP contribution in [0.3, 0.4) is 0 Å². The summed E-state index contributed by atoms with van der Waals surface area (Å²) in [6.07, 6.45) is 0.566. The normalized spacial score (nSPS) is 22.1. The molecule has 1 aliphatic rings. The van der Waals surface area contributed by atoms with Gasteiger partial charge in [0, 0.05) is 24.3 Å². The molecule has 1 unspecified atom stereocenters. The first-order chi connectivity index (χ1) is 8.94. The summed E-state index contributed by atoms with van der Waals surface area (Å²) in [5.74, 6) is 0. The molecule has 1 aromatic rings. The first-order valence-electron chi connectivity index (χ1n) is 6.89. The molecule has 0 aromatic heterocycles. The number of anilines is 1. The molecule has 0 spiro atoms. The second kappa shape index (κ2) is 5.22. The van der Waals surface area contributed by atoms with E-state index in [1.165, 1.54) is 16.8 Å². The molecule has 0 radical (unpaired) electrons. The van der Waals surface area contributed by atoms with Crippen molar-refractivity contribution in [3.8, 4) is 6.07 Å². The van der Waals surface area contributed by atoms with Crippen molar-refractivity contribution in [2.24, 2.45) is 0 Å². The molecule has 0 amide bonds. The van der Waals surface area contributed by atoms with Crippen LogP contribution in [0, 0.1) is 25.2 Å². The molecule has 1 atom stereocenters. The van der Waals surface area contributed by atoms with Crippen molar-refractivity contribution in [1.82, 2.24) is 5.32 Å². The summed E-state index contributed by atoms with van der Waals surface area (Å²) in [5.41, 5.74) is 3.99. The maximum atomic E-state index is 9.03. The predicted octanol–water partition coefficient (Wildman–Crippen LogP) is 2.77. The number of piperazine rings is 1. The molecule has 102 valence electrons. The third kappa shape index (κ3) is 2.90. The van der Waals surface area contributed by atoms with Crippen LogP contribution < -0.4 is 10.2 Å². The predicted molar refractivity (Wildman–Crippen MR) is 79.4 cm³/mol. The van der Waals surface area contributed by atoms with E-state index in [4.69, 9.17) is 5.26 Å². The molecule has 1 aliphatic heterocycles. The van der Waals surface area contributed by atoms with Gasteiger partial charge in [0.25, 0.3) is 0 Å². The van der Waals surface area contributed by atoms with Crippen molar-refractivity contribution < 1.29 is 0 Å². The van der Waals surface area contributed by atoms with Gasteiger partial charge in [0.1, 0.15) is 0 Å². The van der Waals surface area contributed by atoms with Crippen molar-refractivity contribution in [1.29, 1.82) is 5.26 Å². The van der Waals surface area contributed by atoms with Gasteiger partial charge in [-0.25, -0.2) is 0 Å². The molecule has 2 rings (SSSR count). The monoisotopic (exact) mass is 257 g/mol. The number of benzene rings is 1. The fourth-order valence-electron chi connectivity index (χ4n) is 2.73. The zero-order valence-electron chi connectivity index (χ0n) is 12.3. The van der Waals surface area contributed by atoms with Crippen LogP contribution in [0.5, 0.6) is 0 Å². The minimum atomic E-state index is 0.0855. The van der Waals surface area contributed by atoms with Gasteiger partial charge in [-0.2, -0.15) is 5.26 Å². The first-order valence-corrected chi connectivity index (χ1v) is 6.89. The lowest BCUT2D eigenvalue weighted by Crippen LogP contribution is -2.61. The SMILES string of the molecule is Cc1cccc(N2CC(C)(C)NCC2CC#N)c1C. The average Bonchev–Trinajstić information content (AvgIpc) is 2.35. The van der Waals surface area contributed by atoms with Crippen LogP contribution in [-0.2, 0) is 0 Å². The fourth-order valence-corrected chi connectivity index (χ4v) is 2.73. The largest absolute Gasteiger partial charge is 0.364 e. The van der Waals surface area contributed by atoms with E-state index in [2.05, 4.69) is 62.2 Å². The molecule has 19 heavy (non-hydrogen) atoms. The van der Waals surface area contributed by atoms with Gasteiger partial charge in [-0.15, -0.1) is 0 Å². The Hall–Kier alpha value is -1.53. The Kier molecular flexibility index (Phi) is 3.82. The number of nitrogens with one attached hydrogen (secondary N) is 1. The smallest absolute Gasteiger partial charge is 0.0643 e. The summed E-state index contributed by atoms with van der Waals surface area (Å²) in [5, 5.41) is 12.6. The molecule has 0 saturated carbocycles. The number of aryl methyl sites for hydroxylation is 1. The van der Waals surface area contributed by atoms with Crippen molar-refractivity contribution in [2.45, 2.75) is 45.7 Å². The molecular weight excluding hydrogens is 234 g/mol. The van der Waals surface area contributed by atoms with Gasteiger partial charge >= 0.3 is 0 Å². The number of hydrogen-bond acceptors (Lipinski definition) is 3. The van der Waals surface area contributed by atoms with E-state index in [9.17, 15) is 0 Å². The minimum Gasteiger partial charge on any atom is -0.364 e. The quantitative estimate of drug-likeness (QED) is 0.885. The van der Waals surface area contributed by atoms with Crippen LogP contribution in [0.15, 0.2) is 18.2 Å². The topological polar surface area (TPSA) is 39.1 Å². The summed E-state index contributed by atoms with van der Waals surface area (Å²) >= 11 is 0. The van der Waals surface area contributed by atoms with E-state index in [0.717, 1.165) is 13.1 Å².